The smallest absolute Gasteiger partial charge is 0.416 e. The minimum atomic E-state index is -4.45. The van der Waals surface area contributed by atoms with Crippen LogP contribution in [-0.4, -0.2) is 64.3 Å². The third-order valence-corrected chi connectivity index (χ3v) is 4.25. The molecule has 1 heterocycles. The first kappa shape index (κ1) is 19.0. The third-order valence-electron chi connectivity index (χ3n) is 4.25. The predicted octanol–water partition coefficient (Wildman–Crippen LogP) is 1.26. The molecule has 0 amide bonds. The van der Waals surface area contributed by atoms with Crippen molar-refractivity contribution in [2.45, 2.75) is 37.3 Å². The summed E-state index contributed by atoms with van der Waals surface area (Å²) >= 11 is 0. The number of likely N-dealkylation sites (tertiary alicyclic amines) is 1. The van der Waals surface area contributed by atoms with Crippen LogP contribution in [0, 0.1) is 0 Å². The van der Waals surface area contributed by atoms with Gasteiger partial charge in [-0.1, -0.05) is 6.07 Å². The lowest BCUT2D eigenvalue weighted by atomic mass is 9.99. The Labute approximate surface area is 138 Å². The van der Waals surface area contributed by atoms with Crippen molar-refractivity contribution in [2.24, 2.45) is 0 Å². The van der Waals surface area contributed by atoms with E-state index in [0.29, 0.717) is 13.0 Å². The number of aliphatic hydroxyl groups excluding tert-OH is 3. The molecule has 0 radical (unpaired) electrons. The fourth-order valence-corrected chi connectivity index (χ4v) is 2.90. The standard InChI is InChI=1S/C16H22F3NO4/c1-15(10-21)6-12(22)7-20(15)8-13(23)9-24-14-4-2-3-11(5-14)16(17,18)19/h2-5,12-13,21-23H,6-10H2,1H3. The largest absolute Gasteiger partial charge is 0.491 e. The molecule has 0 spiro atoms. The minimum Gasteiger partial charge on any atom is -0.491 e. The number of ether oxygens (including phenoxy) is 1. The van der Waals surface area contributed by atoms with Gasteiger partial charge < -0.3 is 20.1 Å². The second-order valence-corrected chi connectivity index (χ2v) is 6.41. The van der Waals surface area contributed by atoms with Gasteiger partial charge in [0.05, 0.1) is 18.3 Å². The van der Waals surface area contributed by atoms with Gasteiger partial charge in [-0.25, -0.2) is 0 Å². The minimum absolute atomic E-state index is 0.0234. The van der Waals surface area contributed by atoms with Crippen LogP contribution >= 0.6 is 0 Å². The monoisotopic (exact) mass is 349 g/mol. The van der Waals surface area contributed by atoms with Crippen molar-refractivity contribution >= 4 is 0 Å². The molecule has 3 N–H and O–H groups in total. The number of halogens is 3. The van der Waals surface area contributed by atoms with E-state index < -0.39 is 29.5 Å². The van der Waals surface area contributed by atoms with E-state index in [1.807, 2.05) is 0 Å². The topological polar surface area (TPSA) is 73.2 Å². The van der Waals surface area contributed by atoms with Crippen LogP contribution in [-0.2, 0) is 6.18 Å². The Bertz CT molecular complexity index is 554. The Kier molecular flexibility index (Phi) is 5.74. The lowest BCUT2D eigenvalue weighted by Gasteiger charge is -2.34. The average molecular weight is 349 g/mol. The van der Waals surface area contributed by atoms with E-state index in [1.54, 1.807) is 11.8 Å². The zero-order valence-corrected chi connectivity index (χ0v) is 13.3. The Balaban J connectivity index is 1.91. The normalized spacial score (nSPS) is 26.5. The Morgan fingerprint density at radius 3 is 2.75 bits per heavy atom. The Hall–Kier alpha value is -1.35. The Morgan fingerprint density at radius 2 is 2.12 bits per heavy atom. The molecule has 1 aromatic carbocycles. The molecule has 3 unspecified atom stereocenters. The van der Waals surface area contributed by atoms with Crippen molar-refractivity contribution in [2.75, 3.05) is 26.3 Å². The van der Waals surface area contributed by atoms with E-state index in [0.717, 1.165) is 12.1 Å². The average Bonchev–Trinajstić information content (AvgIpc) is 2.79. The maximum atomic E-state index is 12.6. The van der Waals surface area contributed by atoms with Gasteiger partial charge in [0.25, 0.3) is 0 Å². The van der Waals surface area contributed by atoms with E-state index in [9.17, 15) is 28.5 Å². The molecular weight excluding hydrogens is 327 g/mol. The highest BCUT2D eigenvalue weighted by Crippen LogP contribution is 2.31. The number of β-amino-alcohol motifs (C(OH)–C–C–N with tert-alkyl or cyclic N) is 2. The summed E-state index contributed by atoms with van der Waals surface area (Å²) < 4.78 is 43.2. The van der Waals surface area contributed by atoms with E-state index in [2.05, 4.69) is 0 Å². The maximum Gasteiger partial charge on any atom is 0.416 e. The van der Waals surface area contributed by atoms with Gasteiger partial charge in [-0.15, -0.1) is 0 Å². The molecule has 2 rings (SSSR count). The summed E-state index contributed by atoms with van der Waals surface area (Å²) in [6, 6.07) is 4.45. The SMILES string of the molecule is CC1(CO)CC(O)CN1CC(O)COc1cccc(C(F)(F)F)c1. The highest BCUT2D eigenvalue weighted by molar-refractivity contribution is 5.30. The fourth-order valence-electron chi connectivity index (χ4n) is 2.90. The van der Waals surface area contributed by atoms with Gasteiger partial charge in [-0.2, -0.15) is 13.2 Å². The summed E-state index contributed by atoms with van der Waals surface area (Å²) in [5.74, 6) is 0.0234. The molecule has 136 valence electrons. The van der Waals surface area contributed by atoms with E-state index in [-0.39, 0.29) is 25.5 Å². The van der Waals surface area contributed by atoms with E-state index in [1.165, 1.54) is 12.1 Å². The van der Waals surface area contributed by atoms with Crippen LogP contribution in [0.4, 0.5) is 13.2 Å². The summed E-state index contributed by atoms with van der Waals surface area (Å²) in [6.07, 6.45) is -5.61. The molecule has 5 nitrogen and oxygen atoms in total. The molecule has 1 aliphatic heterocycles. The third kappa shape index (κ3) is 4.60. The molecule has 0 aliphatic carbocycles. The van der Waals surface area contributed by atoms with Gasteiger partial charge in [0.15, 0.2) is 0 Å². The second-order valence-electron chi connectivity index (χ2n) is 6.41. The molecule has 8 heteroatoms. The van der Waals surface area contributed by atoms with Crippen molar-refractivity contribution in [1.29, 1.82) is 0 Å². The van der Waals surface area contributed by atoms with Crippen LogP contribution in [0.1, 0.15) is 18.9 Å². The molecule has 1 saturated heterocycles. The summed E-state index contributed by atoms with van der Waals surface area (Å²) in [7, 11) is 0. The molecule has 1 aromatic rings. The molecule has 0 saturated carbocycles. The van der Waals surface area contributed by atoms with Gasteiger partial charge in [0, 0.05) is 18.6 Å². The number of benzene rings is 1. The quantitative estimate of drug-likeness (QED) is 0.721. The highest BCUT2D eigenvalue weighted by Gasteiger charge is 2.41. The molecule has 1 aliphatic rings. The Morgan fingerprint density at radius 1 is 1.42 bits per heavy atom. The van der Waals surface area contributed by atoms with Crippen molar-refractivity contribution in [3.05, 3.63) is 29.8 Å². The van der Waals surface area contributed by atoms with Crippen molar-refractivity contribution in [3.8, 4) is 5.75 Å². The number of aliphatic hydroxyl groups is 3. The first-order valence-corrected chi connectivity index (χ1v) is 7.66. The van der Waals surface area contributed by atoms with Crippen molar-refractivity contribution < 1.29 is 33.2 Å². The van der Waals surface area contributed by atoms with Gasteiger partial charge in [0.1, 0.15) is 18.5 Å². The number of alkyl halides is 3. The molecule has 0 bridgehead atoms. The second kappa shape index (κ2) is 7.26. The zero-order chi connectivity index (χ0) is 18.0. The predicted molar refractivity (Wildman–Crippen MR) is 80.6 cm³/mol. The molecule has 1 fully saturated rings. The number of hydrogen-bond donors (Lipinski definition) is 3. The van der Waals surface area contributed by atoms with Crippen LogP contribution in [0.25, 0.3) is 0 Å². The van der Waals surface area contributed by atoms with Gasteiger partial charge in [0.2, 0.25) is 0 Å². The summed E-state index contributed by atoms with van der Waals surface area (Å²) in [6.45, 7) is 1.90. The van der Waals surface area contributed by atoms with Gasteiger partial charge in [-0.3, -0.25) is 4.90 Å². The highest BCUT2D eigenvalue weighted by atomic mass is 19.4. The van der Waals surface area contributed by atoms with Crippen LogP contribution in [0.5, 0.6) is 5.75 Å². The van der Waals surface area contributed by atoms with E-state index in [4.69, 9.17) is 4.74 Å². The number of hydrogen-bond acceptors (Lipinski definition) is 5. The first-order valence-electron chi connectivity index (χ1n) is 7.66. The summed E-state index contributed by atoms with van der Waals surface area (Å²) in [4.78, 5) is 1.76. The summed E-state index contributed by atoms with van der Waals surface area (Å²) in [5, 5.41) is 29.3. The molecule has 24 heavy (non-hydrogen) atoms. The lowest BCUT2D eigenvalue weighted by Crippen LogP contribution is -2.48. The van der Waals surface area contributed by atoms with Crippen LogP contribution in [0.2, 0.25) is 0 Å². The first-order chi connectivity index (χ1) is 11.1. The molecular formula is C16H22F3NO4. The fraction of sp³-hybridized carbons (Fsp3) is 0.625. The van der Waals surface area contributed by atoms with Crippen molar-refractivity contribution in [1.82, 2.24) is 4.90 Å². The number of nitrogens with zero attached hydrogens (tertiary/aromatic N) is 1. The van der Waals surface area contributed by atoms with E-state index >= 15 is 0 Å². The van der Waals surface area contributed by atoms with Gasteiger partial charge in [-0.05, 0) is 31.5 Å². The van der Waals surface area contributed by atoms with Crippen LogP contribution in [0.3, 0.4) is 0 Å². The molecule has 0 aromatic heterocycles. The summed E-state index contributed by atoms with van der Waals surface area (Å²) in [5.41, 5.74) is -1.44. The number of rotatable bonds is 6. The lowest BCUT2D eigenvalue weighted by molar-refractivity contribution is -0.137. The van der Waals surface area contributed by atoms with Gasteiger partial charge >= 0.3 is 6.18 Å². The molecule has 3 atom stereocenters. The zero-order valence-electron chi connectivity index (χ0n) is 13.3. The maximum absolute atomic E-state index is 12.6. The van der Waals surface area contributed by atoms with Crippen LogP contribution in [0.15, 0.2) is 24.3 Å². The van der Waals surface area contributed by atoms with Crippen LogP contribution < -0.4 is 4.74 Å². The van der Waals surface area contributed by atoms with Crippen molar-refractivity contribution in [3.63, 3.8) is 0 Å².